The summed E-state index contributed by atoms with van der Waals surface area (Å²) in [6.45, 7) is 0. The van der Waals surface area contributed by atoms with E-state index in [1.807, 2.05) is 0 Å². The van der Waals surface area contributed by atoms with Crippen molar-refractivity contribution in [3.8, 4) is 11.5 Å². The molecule has 2 aromatic rings. The highest BCUT2D eigenvalue weighted by Gasteiger charge is 2.17. The predicted molar refractivity (Wildman–Crippen MR) is 90.1 cm³/mol. The number of phenols is 2. The molecule has 0 aliphatic rings. The molecule has 0 unspecified atom stereocenters. The molecule has 0 aromatic heterocycles. The highest BCUT2D eigenvalue weighted by Crippen LogP contribution is 2.42. The summed E-state index contributed by atoms with van der Waals surface area (Å²) in [6, 6.07) is 9.35. The lowest BCUT2D eigenvalue weighted by molar-refractivity contribution is 0.471. The van der Waals surface area contributed by atoms with Gasteiger partial charge in [0.15, 0.2) is 0 Å². The average Bonchev–Trinajstić information content (AvgIpc) is 2.37. The first kappa shape index (κ1) is 15.7. The fourth-order valence-corrected chi connectivity index (χ4v) is 2.96. The summed E-state index contributed by atoms with van der Waals surface area (Å²) >= 11 is 18.6. The first-order chi connectivity index (χ1) is 9.40. The highest BCUT2D eigenvalue weighted by atomic mass is 79.9. The van der Waals surface area contributed by atoms with E-state index in [0.717, 1.165) is 0 Å². The quantitative estimate of drug-likeness (QED) is 0.611. The van der Waals surface area contributed by atoms with Crippen molar-refractivity contribution < 1.29 is 10.2 Å². The predicted octanol–water partition coefficient (Wildman–Crippen LogP) is 5.91. The Kier molecular flexibility index (Phi) is 5.02. The van der Waals surface area contributed by atoms with Crippen LogP contribution in [0.4, 0.5) is 0 Å². The molecular weight excluding hydrogens is 431 g/mol. The Morgan fingerprint density at radius 2 is 1.20 bits per heavy atom. The van der Waals surface area contributed by atoms with Gasteiger partial charge in [0.25, 0.3) is 0 Å². The monoisotopic (exact) mass is 436 g/mol. The first-order valence-electron chi connectivity index (χ1n) is 5.43. The van der Waals surface area contributed by atoms with E-state index in [0.29, 0.717) is 30.1 Å². The summed E-state index contributed by atoms with van der Waals surface area (Å²) in [5.74, 6) is 0.0837. The lowest BCUT2D eigenvalue weighted by atomic mass is 9.98. The smallest absolute Gasteiger partial charge is 0.123 e. The second-order valence-corrected chi connectivity index (χ2v) is 7.48. The normalized spacial score (nSPS) is 10.4. The van der Waals surface area contributed by atoms with Crippen LogP contribution in [-0.4, -0.2) is 10.2 Å². The molecule has 0 fully saturated rings. The lowest BCUT2D eigenvalue weighted by Gasteiger charge is -2.13. The lowest BCUT2D eigenvalue weighted by Crippen LogP contribution is -1.91. The van der Waals surface area contributed by atoms with Crippen LogP contribution in [0, 0.1) is 0 Å². The van der Waals surface area contributed by atoms with Gasteiger partial charge in [-0.2, -0.15) is 0 Å². The molecule has 0 atom stereocenters. The Balaban J connectivity index is 2.74. The molecule has 0 bridgehead atoms. The Morgan fingerprint density at radius 3 is 1.55 bits per heavy atom. The van der Waals surface area contributed by atoms with Gasteiger partial charge in [-0.1, -0.05) is 23.2 Å². The molecular formula is C14H8Br2Cl2O2. The maximum absolute atomic E-state index is 10.0. The molecule has 0 aliphatic heterocycles. The van der Waals surface area contributed by atoms with Gasteiger partial charge in [0.2, 0.25) is 0 Å². The van der Waals surface area contributed by atoms with E-state index in [1.54, 1.807) is 24.3 Å². The van der Waals surface area contributed by atoms with E-state index in [-0.39, 0.29) is 11.5 Å². The van der Waals surface area contributed by atoms with Crippen molar-refractivity contribution in [3.63, 3.8) is 0 Å². The summed E-state index contributed by atoms with van der Waals surface area (Å²) in [5, 5.41) is 21.0. The van der Waals surface area contributed by atoms with Crippen molar-refractivity contribution in [2.75, 3.05) is 0 Å². The number of phenolic OH excluding ortho intramolecular Hbond substituents is 2. The van der Waals surface area contributed by atoms with E-state index < -0.39 is 0 Å². The van der Waals surface area contributed by atoms with E-state index in [2.05, 4.69) is 31.9 Å². The molecule has 20 heavy (non-hydrogen) atoms. The maximum atomic E-state index is 10.0. The van der Waals surface area contributed by atoms with Gasteiger partial charge in [-0.3, -0.25) is 0 Å². The van der Waals surface area contributed by atoms with E-state index in [1.165, 1.54) is 12.1 Å². The molecule has 2 rings (SSSR count). The summed E-state index contributed by atoms with van der Waals surface area (Å²) < 4.78 is 0.556. The number of aromatic hydroxyl groups is 2. The Hall–Kier alpha value is -0.680. The summed E-state index contributed by atoms with van der Waals surface area (Å²) in [4.78, 5) is 0. The van der Waals surface area contributed by atoms with Crippen LogP contribution in [0.25, 0.3) is 5.57 Å². The SMILES string of the molecule is Oc1ccc(Cl)cc1C(=C(Br)Br)c1cc(Cl)ccc1O. The zero-order chi connectivity index (χ0) is 14.9. The Bertz CT molecular complexity index is 642. The fraction of sp³-hybridized carbons (Fsp3) is 0. The highest BCUT2D eigenvalue weighted by molar-refractivity contribution is 9.28. The van der Waals surface area contributed by atoms with Gasteiger partial charge in [0.1, 0.15) is 11.5 Å². The molecule has 0 amide bonds. The third kappa shape index (κ3) is 3.31. The number of hydrogen-bond donors (Lipinski definition) is 2. The Morgan fingerprint density at radius 1 is 0.800 bits per heavy atom. The average molecular weight is 439 g/mol. The molecule has 2 nitrogen and oxygen atoms in total. The van der Waals surface area contributed by atoms with Crippen molar-refractivity contribution in [3.05, 3.63) is 61.0 Å². The van der Waals surface area contributed by atoms with Crippen LogP contribution >= 0.6 is 55.1 Å². The van der Waals surface area contributed by atoms with Gasteiger partial charge in [0.05, 0.1) is 3.39 Å². The van der Waals surface area contributed by atoms with E-state index in [4.69, 9.17) is 23.2 Å². The standard InChI is InChI=1S/C14H8Br2Cl2O2/c15-14(16)13(9-5-7(17)1-3-11(9)19)10-6-8(18)2-4-12(10)20/h1-6,19-20H. The molecule has 104 valence electrons. The van der Waals surface area contributed by atoms with Gasteiger partial charge in [0, 0.05) is 26.7 Å². The second-order valence-electron chi connectivity index (χ2n) is 3.96. The van der Waals surface area contributed by atoms with Crippen LogP contribution in [0.5, 0.6) is 11.5 Å². The minimum absolute atomic E-state index is 0.0418. The van der Waals surface area contributed by atoms with Gasteiger partial charge < -0.3 is 10.2 Å². The molecule has 0 heterocycles. The van der Waals surface area contributed by atoms with E-state index in [9.17, 15) is 10.2 Å². The number of benzene rings is 2. The molecule has 0 radical (unpaired) electrons. The van der Waals surface area contributed by atoms with E-state index >= 15 is 0 Å². The van der Waals surface area contributed by atoms with Crippen molar-refractivity contribution in [1.82, 2.24) is 0 Å². The van der Waals surface area contributed by atoms with Crippen LogP contribution in [0.1, 0.15) is 11.1 Å². The minimum Gasteiger partial charge on any atom is -0.507 e. The van der Waals surface area contributed by atoms with Crippen molar-refractivity contribution in [2.45, 2.75) is 0 Å². The van der Waals surface area contributed by atoms with Crippen LogP contribution in [-0.2, 0) is 0 Å². The summed E-state index contributed by atoms with van der Waals surface area (Å²) in [6.07, 6.45) is 0. The van der Waals surface area contributed by atoms with Crippen LogP contribution in [0.2, 0.25) is 10.0 Å². The van der Waals surface area contributed by atoms with Crippen molar-refractivity contribution in [1.29, 1.82) is 0 Å². The molecule has 0 spiro atoms. The van der Waals surface area contributed by atoms with Crippen molar-refractivity contribution >= 4 is 60.6 Å². The van der Waals surface area contributed by atoms with Crippen molar-refractivity contribution in [2.24, 2.45) is 0 Å². The molecule has 0 saturated carbocycles. The fourth-order valence-electron chi connectivity index (χ4n) is 1.77. The molecule has 2 aromatic carbocycles. The zero-order valence-electron chi connectivity index (χ0n) is 9.87. The maximum Gasteiger partial charge on any atom is 0.123 e. The first-order valence-corrected chi connectivity index (χ1v) is 7.77. The summed E-state index contributed by atoms with van der Waals surface area (Å²) in [5.41, 5.74) is 1.49. The van der Waals surface area contributed by atoms with Gasteiger partial charge in [-0.15, -0.1) is 0 Å². The van der Waals surface area contributed by atoms with Gasteiger partial charge in [-0.25, -0.2) is 0 Å². The zero-order valence-corrected chi connectivity index (χ0v) is 14.6. The van der Waals surface area contributed by atoms with Crippen LogP contribution < -0.4 is 0 Å². The number of rotatable bonds is 2. The van der Waals surface area contributed by atoms with Crippen LogP contribution in [0.3, 0.4) is 0 Å². The van der Waals surface area contributed by atoms with Crippen LogP contribution in [0.15, 0.2) is 39.8 Å². The molecule has 2 N–H and O–H groups in total. The summed E-state index contributed by atoms with van der Waals surface area (Å²) in [7, 11) is 0. The minimum atomic E-state index is 0.0418. The Labute approximate surface area is 142 Å². The number of halogens is 4. The molecule has 0 saturated heterocycles. The largest absolute Gasteiger partial charge is 0.507 e. The van der Waals surface area contributed by atoms with Gasteiger partial charge in [-0.05, 0) is 68.3 Å². The molecule has 0 aliphatic carbocycles. The topological polar surface area (TPSA) is 40.5 Å². The third-order valence-corrected chi connectivity index (χ3v) is 3.91. The third-order valence-electron chi connectivity index (χ3n) is 2.64. The second kappa shape index (κ2) is 6.39. The molecule has 6 heteroatoms. The van der Waals surface area contributed by atoms with Gasteiger partial charge >= 0.3 is 0 Å². The number of hydrogen-bond acceptors (Lipinski definition) is 2.